The molecule has 104 valence electrons. The fourth-order valence-corrected chi connectivity index (χ4v) is 3.11. The van der Waals surface area contributed by atoms with Crippen LogP contribution in [0.25, 0.3) is 0 Å². The van der Waals surface area contributed by atoms with E-state index in [0.717, 1.165) is 12.8 Å². The standard InChI is InChI=1S/C19H23N/c1-2-14-8-10-15(11-9-14)12-19(20)18-13-17(18)16-6-4-3-5-7-16/h3-11,17-19H,2,12-13,20H2,1H3. The van der Waals surface area contributed by atoms with Gasteiger partial charge in [0.05, 0.1) is 0 Å². The molecule has 0 spiro atoms. The zero-order valence-corrected chi connectivity index (χ0v) is 12.1. The van der Waals surface area contributed by atoms with Crippen LogP contribution in [0.2, 0.25) is 0 Å². The lowest BCUT2D eigenvalue weighted by Crippen LogP contribution is -2.25. The van der Waals surface area contributed by atoms with Crippen LogP contribution in [0.15, 0.2) is 54.6 Å². The summed E-state index contributed by atoms with van der Waals surface area (Å²) in [5, 5.41) is 0. The van der Waals surface area contributed by atoms with E-state index in [2.05, 4.69) is 61.5 Å². The first-order valence-corrected chi connectivity index (χ1v) is 7.66. The van der Waals surface area contributed by atoms with Crippen LogP contribution < -0.4 is 5.73 Å². The Labute approximate surface area is 121 Å². The molecule has 20 heavy (non-hydrogen) atoms. The molecule has 0 aliphatic heterocycles. The maximum atomic E-state index is 6.41. The lowest BCUT2D eigenvalue weighted by Gasteiger charge is -2.12. The SMILES string of the molecule is CCc1ccc(CC(N)C2CC2c2ccccc2)cc1. The van der Waals surface area contributed by atoms with Crippen LogP contribution in [0.4, 0.5) is 0 Å². The molecule has 0 amide bonds. The van der Waals surface area contributed by atoms with Gasteiger partial charge in [0, 0.05) is 6.04 Å². The van der Waals surface area contributed by atoms with Gasteiger partial charge in [0.15, 0.2) is 0 Å². The summed E-state index contributed by atoms with van der Waals surface area (Å²) in [7, 11) is 0. The topological polar surface area (TPSA) is 26.0 Å². The summed E-state index contributed by atoms with van der Waals surface area (Å²) in [6, 6.07) is 20.0. The van der Waals surface area contributed by atoms with E-state index >= 15 is 0 Å². The van der Waals surface area contributed by atoms with Crippen LogP contribution in [0.1, 0.15) is 36.0 Å². The molecule has 1 aliphatic rings. The number of hydrogen-bond donors (Lipinski definition) is 1. The van der Waals surface area contributed by atoms with E-state index in [1.807, 2.05) is 0 Å². The molecule has 0 heterocycles. The van der Waals surface area contributed by atoms with Gasteiger partial charge in [0.2, 0.25) is 0 Å². The molecule has 0 saturated heterocycles. The summed E-state index contributed by atoms with van der Waals surface area (Å²) in [6.45, 7) is 2.19. The van der Waals surface area contributed by atoms with E-state index in [-0.39, 0.29) is 6.04 Å². The Bertz CT molecular complexity index is 544. The molecule has 0 radical (unpaired) electrons. The zero-order chi connectivity index (χ0) is 13.9. The maximum Gasteiger partial charge on any atom is 0.0114 e. The summed E-state index contributed by atoms with van der Waals surface area (Å²) < 4.78 is 0. The molecule has 1 heteroatoms. The highest BCUT2D eigenvalue weighted by Gasteiger charge is 2.42. The Morgan fingerprint density at radius 1 is 1.00 bits per heavy atom. The largest absolute Gasteiger partial charge is 0.327 e. The number of rotatable bonds is 5. The lowest BCUT2D eigenvalue weighted by atomic mass is 9.98. The Morgan fingerprint density at radius 3 is 2.30 bits per heavy atom. The molecule has 1 nitrogen and oxygen atoms in total. The molecule has 3 atom stereocenters. The first-order valence-electron chi connectivity index (χ1n) is 7.66. The van der Waals surface area contributed by atoms with Crippen molar-refractivity contribution in [3.63, 3.8) is 0 Å². The average molecular weight is 265 g/mol. The molecule has 2 aromatic rings. The van der Waals surface area contributed by atoms with Crippen molar-refractivity contribution in [3.8, 4) is 0 Å². The molecule has 3 rings (SSSR count). The van der Waals surface area contributed by atoms with Crippen molar-refractivity contribution in [2.45, 2.75) is 38.1 Å². The van der Waals surface area contributed by atoms with Crippen molar-refractivity contribution in [2.24, 2.45) is 11.7 Å². The van der Waals surface area contributed by atoms with Gasteiger partial charge in [-0.1, -0.05) is 61.5 Å². The van der Waals surface area contributed by atoms with Crippen molar-refractivity contribution in [1.29, 1.82) is 0 Å². The fraction of sp³-hybridized carbons (Fsp3) is 0.368. The summed E-state index contributed by atoms with van der Waals surface area (Å²) >= 11 is 0. The van der Waals surface area contributed by atoms with E-state index in [9.17, 15) is 0 Å². The second-order valence-electron chi connectivity index (χ2n) is 5.95. The highest BCUT2D eigenvalue weighted by Crippen LogP contribution is 2.49. The van der Waals surface area contributed by atoms with Gasteiger partial charge in [-0.15, -0.1) is 0 Å². The Kier molecular flexibility index (Phi) is 3.88. The maximum absolute atomic E-state index is 6.41. The van der Waals surface area contributed by atoms with Gasteiger partial charge in [-0.2, -0.15) is 0 Å². The third-order valence-electron chi connectivity index (χ3n) is 4.52. The van der Waals surface area contributed by atoms with E-state index in [0.29, 0.717) is 11.8 Å². The minimum atomic E-state index is 0.285. The van der Waals surface area contributed by atoms with Crippen molar-refractivity contribution in [1.82, 2.24) is 0 Å². The van der Waals surface area contributed by atoms with Crippen molar-refractivity contribution in [3.05, 3.63) is 71.3 Å². The molecular formula is C19H23N. The fourth-order valence-electron chi connectivity index (χ4n) is 3.11. The van der Waals surface area contributed by atoms with E-state index in [1.165, 1.54) is 23.1 Å². The second kappa shape index (κ2) is 5.80. The monoisotopic (exact) mass is 265 g/mol. The molecule has 2 aromatic carbocycles. The van der Waals surface area contributed by atoms with Gasteiger partial charge in [0.25, 0.3) is 0 Å². The van der Waals surface area contributed by atoms with Crippen LogP contribution in [-0.4, -0.2) is 6.04 Å². The Morgan fingerprint density at radius 2 is 1.65 bits per heavy atom. The van der Waals surface area contributed by atoms with Crippen molar-refractivity contribution < 1.29 is 0 Å². The smallest absolute Gasteiger partial charge is 0.0114 e. The Balaban J connectivity index is 1.59. The minimum Gasteiger partial charge on any atom is -0.327 e. The summed E-state index contributed by atoms with van der Waals surface area (Å²) in [5.41, 5.74) is 10.6. The normalized spacial score (nSPS) is 22.5. The van der Waals surface area contributed by atoms with Gasteiger partial charge >= 0.3 is 0 Å². The van der Waals surface area contributed by atoms with Gasteiger partial charge in [-0.05, 0) is 47.8 Å². The first-order chi connectivity index (χ1) is 9.78. The predicted octanol–water partition coefficient (Wildman–Crippen LogP) is 3.92. The summed E-state index contributed by atoms with van der Waals surface area (Å²) in [4.78, 5) is 0. The molecular weight excluding hydrogens is 242 g/mol. The molecule has 1 saturated carbocycles. The predicted molar refractivity (Wildman–Crippen MR) is 84.8 cm³/mol. The Hall–Kier alpha value is -1.60. The van der Waals surface area contributed by atoms with Crippen LogP contribution in [0.5, 0.6) is 0 Å². The summed E-state index contributed by atoms with van der Waals surface area (Å²) in [5.74, 6) is 1.34. The molecule has 0 bridgehead atoms. The third-order valence-corrected chi connectivity index (χ3v) is 4.52. The van der Waals surface area contributed by atoms with Gasteiger partial charge in [0.1, 0.15) is 0 Å². The molecule has 1 fully saturated rings. The second-order valence-corrected chi connectivity index (χ2v) is 5.95. The molecule has 2 N–H and O–H groups in total. The molecule has 3 unspecified atom stereocenters. The molecule has 1 aliphatic carbocycles. The van der Waals surface area contributed by atoms with Gasteiger partial charge in [-0.3, -0.25) is 0 Å². The number of aryl methyl sites for hydroxylation is 1. The van der Waals surface area contributed by atoms with Crippen molar-refractivity contribution in [2.75, 3.05) is 0 Å². The quantitative estimate of drug-likeness (QED) is 0.871. The van der Waals surface area contributed by atoms with E-state index in [1.54, 1.807) is 0 Å². The summed E-state index contributed by atoms with van der Waals surface area (Å²) in [6.07, 6.45) is 3.35. The number of hydrogen-bond acceptors (Lipinski definition) is 1. The van der Waals surface area contributed by atoms with E-state index < -0.39 is 0 Å². The van der Waals surface area contributed by atoms with Crippen LogP contribution in [0, 0.1) is 5.92 Å². The first kappa shape index (κ1) is 13.4. The highest BCUT2D eigenvalue weighted by molar-refractivity contribution is 5.28. The molecule has 0 aromatic heterocycles. The minimum absolute atomic E-state index is 0.285. The van der Waals surface area contributed by atoms with Crippen molar-refractivity contribution >= 4 is 0 Å². The number of nitrogens with two attached hydrogens (primary N) is 1. The van der Waals surface area contributed by atoms with Crippen LogP contribution in [-0.2, 0) is 12.8 Å². The lowest BCUT2D eigenvalue weighted by molar-refractivity contribution is 0.577. The average Bonchev–Trinajstić information content (AvgIpc) is 3.29. The third kappa shape index (κ3) is 2.94. The van der Waals surface area contributed by atoms with Gasteiger partial charge in [-0.25, -0.2) is 0 Å². The number of benzene rings is 2. The van der Waals surface area contributed by atoms with Gasteiger partial charge < -0.3 is 5.73 Å². The van der Waals surface area contributed by atoms with Crippen LogP contribution >= 0.6 is 0 Å². The zero-order valence-electron chi connectivity index (χ0n) is 12.1. The van der Waals surface area contributed by atoms with Crippen LogP contribution in [0.3, 0.4) is 0 Å². The highest BCUT2D eigenvalue weighted by atomic mass is 14.7. The van der Waals surface area contributed by atoms with E-state index in [4.69, 9.17) is 5.73 Å².